The molecule has 0 saturated carbocycles. The number of rotatable bonds is 9. The first-order valence-corrected chi connectivity index (χ1v) is 11.6. The molecule has 162 valence electrons. The van der Waals surface area contributed by atoms with Crippen LogP contribution in [0.25, 0.3) is 6.08 Å². The Morgan fingerprint density at radius 1 is 1.10 bits per heavy atom. The van der Waals surface area contributed by atoms with Crippen molar-refractivity contribution in [2.24, 2.45) is 0 Å². The first-order valence-electron chi connectivity index (χ1n) is 9.02. The molecule has 0 fully saturated rings. The van der Waals surface area contributed by atoms with Gasteiger partial charge < -0.3 is 14.2 Å². The van der Waals surface area contributed by atoms with Gasteiger partial charge in [-0.05, 0) is 41.5 Å². The third-order valence-electron chi connectivity index (χ3n) is 4.03. The normalized spacial score (nSPS) is 10.8. The van der Waals surface area contributed by atoms with E-state index in [1.54, 1.807) is 44.2 Å². The number of nitrogens with zero attached hydrogens (tertiary/aromatic N) is 2. The maximum Gasteiger partial charge on any atom is 0.250 e. The van der Waals surface area contributed by atoms with Crippen LogP contribution in [0.2, 0.25) is 0 Å². The van der Waals surface area contributed by atoms with Crippen LogP contribution in [0.3, 0.4) is 0 Å². The summed E-state index contributed by atoms with van der Waals surface area (Å²) in [7, 11) is 4.62. The standard InChI is InChI=1S/C21H20BrN3O4S2/c1-27-16-10-14(11-17(28-2)19(16)29-3)6-9-18(26)23-20-24-25-21(31-20)30-12-13-4-7-15(22)8-5-13/h4-11H,12H2,1-3H3,(H,23,24,26)/b9-6+. The van der Waals surface area contributed by atoms with Crippen LogP contribution in [0, 0.1) is 0 Å². The van der Waals surface area contributed by atoms with E-state index in [0.717, 1.165) is 20.1 Å². The Morgan fingerprint density at radius 3 is 2.39 bits per heavy atom. The molecule has 1 N–H and O–H groups in total. The van der Waals surface area contributed by atoms with Crippen LogP contribution < -0.4 is 19.5 Å². The first-order chi connectivity index (χ1) is 15.0. The smallest absolute Gasteiger partial charge is 0.250 e. The monoisotopic (exact) mass is 521 g/mol. The van der Waals surface area contributed by atoms with Crippen molar-refractivity contribution < 1.29 is 19.0 Å². The Hall–Kier alpha value is -2.56. The van der Waals surface area contributed by atoms with E-state index in [-0.39, 0.29) is 5.91 Å². The van der Waals surface area contributed by atoms with Crippen LogP contribution in [0.5, 0.6) is 17.2 Å². The molecular weight excluding hydrogens is 502 g/mol. The molecule has 0 bridgehead atoms. The Balaban J connectivity index is 1.59. The third-order valence-corrected chi connectivity index (χ3v) is 6.60. The van der Waals surface area contributed by atoms with E-state index >= 15 is 0 Å². The maximum absolute atomic E-state index is 12.3. The van der Waals surface area contributed by atoms with Crippen molar-refractivity contribution in [3.63, 3.8) is 0 Å². The van der Waals surface area contributed by atoms with E-state index in [1.165, 1.54) is 30.1 Å². The number of amides is 1. The summed E-state index contributed by atoms with van der Waals surface area (Å²) in [5.41, 5.74) is 1.91. The minimum atomic E-state index is -0.311. The van der Waals surface area contributed by atoms with Crippen molar-refractivity contribution in [1.29, 1.82) is 0 Å². The summed E-state index contributed by atoms with van der Waals surface area (Å²) < 4.78 is 17.8. The molecular formula is C21H20BrN3O4S2. The second-order valence-corrected chi connectivity index (χ2v) is 9.19. The zero-order valence-electron chi connectivity index (χ0n) is 17.0. The lowest BCUT2D eigenvalue weighted by atomic mass is 10.1. The third kappa shape index (κ3) is 6.46. The number of anilines is 1. The predicted octanol–water partition coefficient (Wildman–Crippen LogP) is 5.27. The lowest BCUT2D eigenvalue weighted by molar-refractivity contribution is -0.111. The molecule has 2 aromatic carbocycles. The zero-order valence-corrected chi connectivity index (χ0v) is 20.3. The van der Waals surface area contributed by atoms with E-state index in [2.05, 4.69) is 43.6 Å². The van der Waals surface area contributed by atoms with Gasteiger partial charge >= 0.3 is 0 Å². The fraction of sp³-hybridized carbons (Fsp3) is 0.190. The van der Waals surface area contributed by atoms with Crippen LogP contribution >= 0.6 is 39.0 Å². The largest absolute Gasteiger partial charge is 0.493 e. The highest BCUT2D eigenvalue weighted by Gasteiger charge is 2.12. The summed E-state index contributed by atoms with van der Waals surface area (Å²) in [4.78, 5) is 12.3. The number of nitrogens with one attached hydrogen (secondary N) is 1. The molecule has 0 radical (unpaired) electrons. The van der Waals surface area contributed by atoms with Gasteiger partial charge in [0.1, 0.15) is 0 Å². The van der Waals surface area contributed by atoms with Crippen molar-refractivity contribution in [3.05, 3.63) is 58.1 Å². The van der Waals surface area contributed by atoms with Crippen LogP contribution in [0.1, 0.15) is 11.1 Å². The van der Waals surface area contributed by atoms with E-state index < -0.39 is 0 Å². The Morgan fingerprint density at radius 2 is 1.77 bits per heavy atom. The lowest BCUT2D eigenvalue weighted by Crippen LogP contribution is -2.07. The number of ether oxygens (including phenoxy) is 3. The van der Waals surface area contributed by atoms with Crippen LogP contribution in [-0.2, 0) is 10.5 Å². The minimum Gasteiger partial charge on any atom is -0.493 e. The summed E-state index contributed by atoms with van der Waals surface area (Å²) in [6.45, 7) is 0. The molecule has 3 aromatic rings. The summed E-state index contributed by atoms with van der Waals surface area (Å²) in [6, 6.07) is 11.6. The summed E-state index contributed by atoms with van der Waals surface area (Å²) in [5, 5.41) is 11.3. The second-order valence-electron chi connectivity index (χ2n) is 6.07. The van der Waals surface area contributed by atoms with Crippen molar-refractivity contribution >= 4 is 56.1 Å². The molecule has 1 heterocycles. The molecule has 0 aliphatic heterocycles. The summed E-state index contributed by atoms with van der Waals surface area (Å²) >= 11 is 6.33. The number of methoxy groups -OCH3 is 3. The van der Waals surface area contributed by atoms with Gasteiger partial charge in [0, 0.05) is 16.3 Å². The molecule has 10 heteroatoms. The quantitative estimate of drug-likeness (QED) is 0.233. The Kier molecular flexibility index (Phi) is 8.33. The second kappa shape index (κ2) is 11.2. The molecule has 0 atom stereocenters. The highest BCUT2D eigenvalue weighted by atomic mass is 79.9. The molecule has 0 aliphatic rings. The number of halogens is 1. The fourth-order valence-electron chi connectivity index (χ4n) is 2.56. The number of carbonyl (C=O) groups is 1. The Labute approximate surface area is 197 Å². The van der Waals surface area contributed by atoms with Gasteiger partial charge in [-0.2, -0.15) is 0 Å². The van der Waals surface area contributed by atoms with Crippen molar-refractivity contribution in [3.8, 4) is 17.2 Å². The summed E-state index contributed by atoms with van der Waals surface area (Å²) in [6.07, 6.45) is 3.07. The van der Waals surface area contributed by atoms with E-state index in [0.29, 0.717) is 22.4 Å². The van der Waals surface area contributed by atoms with Gasteiger partial charge in [0.15, 0.2) is 15.8 Å². The Bertz CT molecular complexity index is 1050. The van der Waals surface area contributed by atoms with Crippen LogP contribution in [0.4, 0.5) is 5.13 Å². The van der Waals surface area contributed by atoms with Gasteiger partial charge in [0.05, 0.1) is 21.3 Å². The number of benzene rings is 2. The van der Waals surface area contributed by atoms with Crippen LogP contribution in [-0.4, -0.2) is 37.4 Å². The van der Waals surface area contributed by atoms with Gasteiger partial charge in [0.2, 0.25) is 16.8 Å². The SMILES string of the molecule is COc1cc(/C=C/C(=O)Nc2nnc(SCc3ccc(Br)cc3)s2)cc(OC)c1OC. The number of thioether (sulfide) groups is 1. The highest BCUT2D eigenvalue weighted by Crippen LogP contribution is 2.38. The number of hydrogen-bond acceptors (Lipinski definition) is 8. The molecule has 7 nitrogen and oxygen atoms in total. The van der Waals surface area contributed by atoms with Gasteiger partial charge in [0.25, 0.3) is 0 Å². The zero-order chi connectivity index (χ0) is 22.2. The van der Waals surface area contributed by atoms with Gasteiger partial charge in [-0.1, -0.05) is 51.2 Å². The molecule has 1 amide bonds. The molecule has 0 saturated heterocycles. The van der Waals surface area contributed by atoms with E-state index in [1.807, 2.05) is 12.1 Å². The average molecular weight is 522 g/mol. The predicted molar refractivity (Wildman–Crippen MR) is 127 cm³/mol. The first kappa shape index (κ1) is 23.1. The van der Waals surface area contributed by atoms with Gasteiger partial charge in [-0.25, -0.2) is 0 Å². The molecule has 31 heavy (non-hydrogen) atoms. The molecule has 0 unspecified atom stereocenters. The minimum absolute atomic E-state index is 0.311. The summed E-state index contributed by atoms with van der Waals surface area (Å²) in [5.74, 6) is 1.98. The maximum atomic E-state index is 12.3. The van der Waals surface area contributed by atoms with E-state index in [4.69, 9.17) is 14.2 Å². The highest BCUT2D eigenvalue weighted by molar-refractivity contribution is 9.10. The number of aromatic nitrogens is 2. The fourth-order valence-corrected chi connectivity index (χ4v) is 4.54. The molecule has 1 aromatic heterocycles. The molecule has 0 aliphatic carbocycles. The van der Waals surface area contributed by atoms with Crippen molar-refractivity contribution in [2.45, 2.75) is 10.1 Å². The van der Waals surface area contributed by atoms with Crippen LogP contribution in [0.15, 0.2) is 51.3 Å². The van der Waals surface area contributed by atoms with Gasteiger partial charge in [-0.3, -0.25) is 10.1 Å². The average Bonchev–Trinajstić information content (AvgIpc) is 3.23. The van der Waals surface area contributed by atoms with Gasteiger partial charge in [-0.15, -0.1) is 10.2 Å². The topological polar surface area (TPSA) is 82.6 Å². The van der Waals surface area contributed by atoms with Crippen molar-refractivity contribution in [2.75, 3.05) is 26.6 Å². The number of carbonyl (C=O) groups excluding carboxylic acids is 1. The van der Waals surface area contributed by atoms with Crippen molar-refractivity contribution in [1.82, 2.24) is 10.2 Å². The number of hydrogen-bond donors (Lipinski definition) is 1. The molecule has 3 rings (SSSR count). The van der Waals surface area contributed by atoms with E-state index in [9.17, 15) is 4.79 Å². The molecule has 0 spiro atoms. The lowest BCUT2D eigenvalue weighted by Gasteiger charge is -2.12.